The molecule has 0 radical (unpaired) electrons. The molecule has 0 saturated carbocycles. The molecule has 0 aliphatic heterocycles. The van der Waals surface area contributed by atoms with Crippen LogP contribution in [0.1, 0.15) is 0 Å². The fourth-order valence-corrected chi connectivity index (χ4v) is 1.15. The van der Waals surface area contributed by atoms with Crippen molar-refractivity contribution >= 4 is 50.2 Å². The van der Waals surface area contributed by atoms with E-state index in [0.29, 0.717) is 15.3 Å². The molecule has 0 fully saturated rings. The molecule has 1 rings (SSSR count). The maximum atomic E-state index is 10.4. The summed E-state index contributed by atoms with van der Waals surface area (Å²) < 4.78 is 0.982. The number of halogens is 2. The summed E-state index contributed by atoms with van der Waals surface area (Å²) in [6.07, 6.45) is 3.90. The Hall–Kier alpha value is -1.01. The van der Waals surface area contributed by atoms with Crippen LogP contribution in [-0.2, 0) is 4.79 Å². The van der Waals surface area contributed by atoms with Crippen LogP contribution in [0.25, 0.3) is 0 Å². The predicted molar refractivity (Wildman–Crippen MR) is 72.1 cm³/mol. The molecule has 0 atom stereocenters. The molecule has 6 heteroatoms. The Morgan fingerprint density at radius 3 is 2.75 bits per heavy atom. The molecule has 1 heterocycles. The highest BCUT2D eigenvalue weighted by Gasteiger charge is 1.99. The number of hydrogen-bond acceptors (Lipinski definition) is 4. The van der Waals surface area contributed by atoms with Gasteiger partial charge in [-0.15, -0.1) is 0 Å². The van der Waals surface area contributed by atoms with E-state index in [2.05, 4.69) is 41.9 Å². The number of hydrazone groups is 1. The fourth-order valence-electron chi connectivity index (χ4n) is 0.860. The molecule has 0 saturated heterocycles. The average molecular weight is 347 g/mol. The molecule has 0 aliphatic carbocycles. The lowest BCUT2D eigenvalue weighted by Crippen LogP contribution is -2.10. The summed E-state index contributed by atoms with van der Waals surface area (Å²) in [5, 5.41) is 5.72. The average Bonchev–Trinajstić information content (AvgIpc) is 2.35. The summed E-state index contributed by atoms with van der Waals surface area (Å²) in [6.45, 7) is 0. The summed E-state index contributed by atoms with van der Waals surface area (Å²) in [7, 11) is 1.77. The third-order valence-electron chi connectivity index (χ3n) is 1.66. The van der Waals surface area contributed by atoms with Gasteiger partial charge in [-0.25, -0.2) is 4.98 Å². The fraction of sp³-hybridized carbons (Fsp3) is 0.100. The molecule has 84 valence electrons. The number of anilines is 1. The minimum atomic E-state index is 0.408. The minimum absolute atomic E-state index is 0.408. The number of carbonyl (C=O) groups is 1. The highest BCUT2D eigenvalue weighted by Crippen LogP contribution is 2.14. The Bertz CT molecular complexity index is 417. The van der Waals surface area contributed by atoms with Gasteiger partial charge in [-0.2, -0.15) is 5.10 Å². The summed E-state index contributed by atoms with van der Waals surface area (Å²) in [5.74, 6) is 0.723. The third-order valence-corrected chi connectivity index (χ3v) is 3.43. The molecule has 1 aromatic rings. The molecule has 0 amide bonds. The number of pyridine rings is 1. The van der Waals surface area contributed by atoms with Crippen molar-refractivity contribution < 1.29 is 4.79 Å². The van der Waals surface area contributed by atoms with E-state index in [1.54, 1.807) is 18.3 Å². The van der Waals surface area contributed by atoms with Crippen LogP contribution in [0.2, 0.25) is 0 Å². The van der Waals surface area contributed by atoms with E-state index in [-0.39, 0.29) is 0 Å². The van der Waals surface area contributed by atoms with Gasteiger partial charge in [0.05, 0.1) is 15.2 Å². The van der Waals surface area contributed by atoms with Crippen LogP contribution in [0.4, 0.5) is 5.82 Å². The smallest absolute Gasteiger partial charge is 0.158 e. The third kappa shape index (κ3) is 3.86. The lowest BCUT2D eigenvalue weighted by Gasteiger charge is -2.10. The highest BCUT2D eigenvalue weighted by atomic mass is 79.9. The number of allylic oxidation sites excluding steroid dienone is 2. The van der Waals surface area contributed by atoms with Crippen molar-refractivity contribution in [3.63, 3.8) is 0 Å². The summed E-state index contributed by atoms with van der Waals surface area (Å²) >= 11 is 6.30. The second kappa shape index (κ2) is 6.55. The topological polar surface area (TPSA) is 45.6 Å². The zero-order chi connectivity index (χ0) is 12.0. The first-order valence-corrected chi connectivity index (χ1v) is 5.93. The van der Waals surface area contributed by atoms with Gasteiger partial charge < -0.3 is 0 Å². The van der Waals surface area contributed by atoms with Crippen LogP contribution in [-0.4, -0.2) is 24.5 Å². The van der Waals surface area contributed by atoms with Crippen LogP contribution in [0, 0.1) is 0 Å². The normalized spacial score (nSPS) is 12.4. The molecule has 1 aromatic heterocycles. The SMILES string of the molecule is CN(/N=C\C(Br)=C(\Br)C=O)c1ccccn1. The van der Waals surface area contributed by atoms with Crippen molar-refractivity contribution in [2.75, 3.05) is 12.1 Å². The molecular formula is C10H9Br2N3O. The lowest BCUT2D eigenvalue weighted by atomic mass is 10.5. The van der Waals surface area contributed by atoms with Gasteiger partial charge in [0.25, 0.3) is 0 Å². The van der Waals surface area contributed by atoms with E-state index in [1.165, 1.54) is 6.21 Å². The molecule has 0 aliphatic rings. The monoisotopic (exact) mass is 345 g/mol. The van der Waals surface area contributed by atoms with Crippen molar-refractivity contribution in [2.24, 2.45) is 5.10 Å². The second-order valence-corrected chi connectivity index (χ2v) is 4.48. The Morgan fingerprint density at radius 2 is 2.19 bits per heavy atom. The molecule has 0 bridgehead atoms. The van der Waals surface area contributed by atoms with Crippen LogP contribution < -0.4 is 5.01 Å². The minimum Gasteiger partial charge on any atom is -0.297 e. The molecule has 4 nitrogen and oxygen atoms in total. The Morgan fingerprint density at radius 1 is 1.44 bits per heavy atom. The van der Waals surface area contributed by atoms with Crippen molar-refractivity contribution in [3.8, 4) is 0 Å². The zero-order valence-electron chi connectivity index (χ0n) is 8.47. The Kier molecular flexibility index (Phi) is 5.34. The molecule has 0 spiro atoms. The highest BCUT2D eigenvalue weighted by molar-refractivity contribution is 9.14. The number of nitrogens with zero attached hydrogens (tertiary/aromatic N) is 3. The first-order valence-electron chi connectivity index (χ1n) is 4.34. The Balaban J connectivity index is 2.76. The molecular weight excluding hydrogens is 338 g/mol. The van der Waals surface area contributed by atoms with E-state index in [0.717, 1.165) is 5.82 Å². The van der Waals surface area contributed by atoms with Gasteiger partial charge in [-0.1, -0.05) is 6.07 Å². The van der Waals surface area contributed by atoms with Crippen LogP contribution >= 0.6 is 31.9 Å². The quantitative estimate of drug-likeness (QED) is 0.364. The molecule has 0 unspecified atom stereocenters. The van der Waals surface area contributed by atoms with E-state index in [9.17, 15) is 4.79 Å². The molecule has 16 heavy (non-hydrogen) atoms. The van der Waals surface area contributed by atoms with Crippen molar-refractivity contribution in [1.82, 2.24) is 4.98 Å². The number of rotatable bonds is 4. The van der Waals surface area contributed by atoms with Crippen LogP contribution in [0.3, 0.4) is 0 Å². The number of carbonyl (C=O) groups excluding carboxylic acids is 1. The van der Waals surface area contributed by atoms with Gasteiger partial charge in [-0.3, -0.25) is 9.80 Å². The van der Waals surface area contributed by atoms with Crippen molar-refractivity contribution in [3.05, 3.63) is 33.4 Å². The van der Waals surface area contributed by atoms with Gasteiger partial charge in [-0.05, 0) is 44.0 Å². The van der Waals surface area contributed by atoms with Gasteiger partial charge in [0.1, 0.15) is 5.82 Å². The number of aromatic nitrogens is 1. The van der Waals surface area contributed by atoms with Gasteiger partial charge in [0.15, 0.2) is 6.29 Å². The van der Waals surface area contributed by atoms with Crippen molar-refractivity contribution in [2.45, 2.75) is 0 Å². The predicted octanol–water partition coefficient (Wildman–Crippen LogP) is 2.70. The first-order chi connectivity index (χ1) is 7.65. The second-order valence-electron chi connectivity index (χ2n) is 2.77. The van der Waals surface area contributed by atoms with E-state index in [4.69, 9.17) is 0 Å². The lowest BCUT2D eigenvalue weighted by molar-refractivity contribution is -0.104. The largest absolute Gasteiger partial charge is 0.297 e. The maximum absolute atomic E-state index is 10.4. The van der Waals surface area contributed by atoms with Gasteiger partial charge in [0.2, 0.25) is 0 Å². The molecule has 0 N–H and O–H groups in total. The molecule has 0 aromatic carbocycles. The van der Waals surface area contributed by atoms with Crippen LogP contribution in [0.5, 0.6) is 0 Å². The van der Waals surface area contributed by atoms with Crippen LogP contribution in [0.15, 0.2) is 38.5 Å². The van der Waals surface area contributed by atoms with Gasteiger partial charge >= 0.3 is 0 Å². The number of hydrogen-bond donors (Lipinski definition) is 0. The summed E-state index contributed by atoms with van der Waals surface area (Å²) in [4.78, 5) is 14.6. The first kappa shape index (κ1) is 13.1. The van der Waals surface area contributed by atoms with E-state index >= 15 is 0 Å². The maximum Gasteiger partial charge on any atom is 0.158 e. The summed E-state index contributed by atoms with van der Waals surface area (Å²) in [6, 6.07) is 5.55. The standard InChI is InChI=1S/C10H9Br2N3O/c1-15(10-4-2-3-5-13-10)14-6-8(11)9(12)7-16/h2-7H,1H3/b9-8-,14-6-. The van der Waals surface area contributed by atoms with Gasteiger partial charge in [0, 0.05) is 13.2 Å². The summed E-state index contributed by atoms with van der Waals surface area (Å²) in [5.41, 5.74) is 0. The Labute approximate surface area is 110 Å². The van der Waals surface area contributed by atoms with E-state index in [1.807, 2.05) is 18.2 Å². The zero-order valence-corrected chi connectivity index (χ0v) is 11.6. The number of aldehydes is 1. The van der Waals surface area contributed by atoms with E-state index < -0.39 is 0 Å². The van der Waals surface area contributed by atoms with Crippen molar-refractivity contribution in [1.29, 1.82) is 0 Å².